The summed E-state index contributed by atoms with van der Waals surface area (Å²) in [6.07, 6.45) is 2.26. The Bertz CT molecular complexity index is 426. The van der Waals surface area contributed by atoms with Crippen molar-refractivity contribution in [2.24, 2.45) is 5.73 Å². The first-order valence-electron chi connectivity index (χ1n) is 5.36. The predicted molar refractivity (Wildman–Crippen MR) is 63.1 cm³/mol. The topological polar surface area (TPSA) is 116 Å². The van der Waals surface area contributed by atoms with Gasteiger partial charge in [0.05, 0.1) is 5.69 Å². The van der Waals surface area contributed by atoms with E-state index >= 15 is 0 Å². The minimum Gasteiger partial charge on any atom is -0.396 e. The van der Waals surface area contributed by atoms with E-state index < -0.39 is 5.91 Å². The quantitative estimate of drug-likeness (QED) is 0.641. The van der Waals surface area contributed by atoms with Crippen molar-refractivity contribution in [2.45, 2.75) is 32.9 Å². The number of carbonyl (C=O) groups is 2. The molecule has 1 rings (SSSR count). The van der Waals surface area contributed by atoms with Crippen LogP contribution < -0.4 is 16.8 Å². The van der Waals surface area contributed by atoms with Gasteiger partial charge in [-0.25, -0.2) is 0 Å². The number of primary amides is 1. The summed E-state index contributed by atoms with van der Waals surface area (Å²) in [6.45, 7) is 3.90. The lowest BCUT2D eigenvalue weighted by Gasteiger charge is -2.10. The minimum absolute atomic E-state index is 0.0126. The number of aromatic nitrogens is 2. The van der Waals surface area contributed by atoms with Gasteiger partial charge in [-0.15, -0.1) is 0 Å². The van der Waals surface area contributed by atoms with E-state index in [2.05, 4.69) is 10.4 Å². The Balaban J connectivity index is 2.66. The zero-order chi connectivity index (χ0) is 13.0. The number of carbonyl (C=O) groups excluding carboxylic acids is 2. The van der Waals surface area contributed by atoms with Crippen LogP contribution in [-0.2, 0) is 11.3 Å². The molecule has 7 nitrogen and oxygen atoms in total. The number of amides is 2. The molecule has 1 unspecified atom stereocenters. The lowest BCUT2D eigenvalue weighted by molar-refractivity contribution is -0.122. The molecule has 0 aliphatic carbocycles. The van der Waals surface area contributed by atoms with Crippen LogP contribution in [0.15, 0.2) is 6.20 Å². The van der Waals surface area contributed by atoms with Crippen molar-refractivity contribution < 1.29 is 9.59 Å². The maximum absolute atomic E-state index is 11.5. The van der Waals surface area contributed by atoms with Crippen LogP contribution in [0.5, 0.6) is 0 Å². The van der Waals surface area contributed by atoms with Crippen molar-refractivity contribution in [3.8, 4) is 0 Å². The maximum Gasteiger partial charge on any atom is 0.271 e. The van der Waals surface area contributed by atoms with Crippen LogP contribution in [0.2, 0.25) is 0 Å². The number of hydrogen-bond donors (Lipinski definition) is 3. The second kappa shape index (κ2) is 5.33. The molecule has 1 aromatic rings. The van der Waals surface area contributed by atoms with Crippen molar-refractivity contribution in [1.29, 1.82) is 0 Å². The van der Waals surface area contributed by atoms with Crippen LogP contribution in [0.25, 0.3) is 0 Å². The Labute approximate surface area is 99.1 Å². The van der Waals surface area contributed by atoms with Crippen molar-refractivity contribution in [2.75, 3.05) is 5.73 Å². The summed E-state index contributed by atoms with van der Waals surface area (Å²) in [6, 6.07) is 0.103. The molecule has 0 fully saturated rings. The van der Waals surface area contributed by atoms with Gasteiger partial charge in [0.2, 0.25) is 5.91 Å². The highest BCUT2D eigenvalue weighted by Gasteiger charge is 2.13. The number of hydrogen-bond acceptors (Lipinski definition) is 4. The average molecular weight is 239 g/mol. The van der Waals surface area contributed by atoms with E-state index in [-0.39, 0.29) is 29.9 Å². The molecule has 0 radical (unpaired) electrons. The molecule has 7 heteroatoms. The Hall–Kier alpha value is -2.05. The van der Waals surface area contributed by atoms with E-state index in [1.165, 1.54) is 10.9 Å². The van der Waals surface area contributed by atoms with Crippen molar-refractivity contribution in [3.05, 3.63) is 11.9 Å². The fourth-order valence-electron chi connectivity index (χ4n) is 1.28. The SMILES string of the molecule is CCC(C)NC(=O)Cn1cc(N)c(C(N)=O)n1. The summed E-state index contributed by atoms with van der Waals surface area (Å²) in [5.74, 6) is -0.888. The van der Waals surface area contributed by atoms with Gasteiger partial charge in [0.1, 0.15) is 6.54 Å². The van der Waals surface area contributed by atoms with Crippen LogP contribution in [0.3, 0.4) is 0 Å². The van der Waals surface area contributed by atoms with Gasteiger partial charge in [-0.3, -0.25) is 14.3 Å². The van der Waals surface area contributed by atoms with Gasteiger partial charge >= 0.3 is 0 Å². The highest BCUT2D eigenvalue weighted by Crippen LogP contribution is 2.07. The molecule has 0 bridgehead atoms. The second-order valence-corrected chi connectivity index (χ2v) is 3.87. The molecule has 5 N–H and O–H groups in total. The molecule has 0 aliphatic rings. The standard InChI is InChI=1S/C10H17N5O2/c1-3-6(2)13-8(16)5-15-4-7(11)9(14-15)10(12)17/h4,6H,3,5,11H2,1-2H3,(H2,12,17)(H,13,16). The Morgan fingerprint density at radius 2 is 2.24 bits per heavy atom. The average Bonchev–Trinajstić information content (AvgIpc) is 2.59. The number of nitrogens with zero attached hydrogens (tertiary/aromatic N) is 2. The smallest absolute Gasteiger partial charge is 0.271 e. The highest BCUT2D eigenvalue weighted by atomic mass is 16.2. The normalized spacial score (nSPS) is 12.1. The number of nitrogens with two attached hydrogens (primary N) is 2. The summed E-state index contributed by atoms with van der Waals surface area (Å²) in [7, 11) is 0. The van der Waals surface area contributed by atoms with Crippen LogP contribution in [0.4, 0.5) is 5.69 Å². The fraction of sp³-hybridized carbons (Fsp3) is 0.500. The fourth-order valence-corrected chi connectivity index (χ4v) is 1.28. The second-order valence-electron chi connectivity index (χ2n) is 3.87. The molecular formula is C10H17N5O2. The molecule has 1 atom stereocenters. The monoisotopic (exact) mass is 239 g/mol. The van der Waals surface area contributed by atoms with Gasteiger partial charge in [-0.05, 0) is 13.3 Å². The molecule has 0 spiro atoms. The number of anilines is 1. The molecule has 0 aromatic carbocycles. The van der Waals surface area contributed by atoms with Gasteiger partial charge in [-0.2, -0.15) is 5.10 Å². The first-order chi connectivity index (χ1) is 7.93. The largest absolute Gasteiger partial charge is 0.396 e. The molecule has 94 valence electrons. The first kappa shape index (κ1) is 13.0. The van der Waals surface area contributed by atoms with Gasteiger partial charge in [0.25, 0.3) is 5.91 Å². The lowest BCUT2D eigenvalue weighted by Crippen LogP contribution is -2.34. The summed E-state index contributed by atoms with van der Waals surface area (Å²) < 4.78 is 1.30. The lowest BCUT2D eigenvalue weighted by atomic mass is 10.2. The third-order valence-electron chi connectivity index (χ3n) is 2.35. The molecule has 2 amide bonds. The number of nitrogen functional groups attached to an aromatic ring is 1. The summed E-state index contributed by atoms with van der Waals surface area (Å²) in [5.41, 5.74) is 10.8. The van der Waals surface area contributed by atoms with E-state index in [9.17, 15) is 9.59 Å². The van der Waals surface area contributed by atoms with Gasteiger partial charge in [0, 0.05) is 12.2 Å². The van der Waals surface area contributed by atoms with Crippen molar-refractivity contribution >= 4 is 17.5 Å². The van der Waals surface area contributed by atoms with Gasteiger partial charge < -0.3 is 16.8 Å². The van der Waals surface area contributed by atoms with Crippen LogP contribution in [0.1, 0.15) is 30.8 Å². The van der Waals surface area contributed by atoms with Crippen molar-refractivity contribution in [3.63, 3.8) is 0 Å². The zero-order valence-electron chi connectivity index (χ0n) is 9.93. The Kier molecular flexibility index (Phi) is 4.08. The van der Waals surface area contributed by atoms with E-state index in [4.69, 9.17) is 11.5 Å². The zero-order valence-corrected chi connectivity index (χ0v) is 9.93. The van der Waals surface area contributed by atoms with Crippen LogP contribution >= 0.6 is 0 Å². The predicted octanol–water partition coefficient (Wildman–Crippen LogP) is -0.521. The van der Waals surface area contributed by atoms with E-state index in [1.54, 1.807) is 0 Å². The first-order valence-corrected chi connectivity index (χ1v) is 5.36. The van der Waals surface area contributed by atoms with E-state index in [0.29, 0.717) is 0 Å². The van der Waals surface area contributed by atoms with Gasteiger partial charge in [0.15, 0.2) is 5.69 Å². The van der Waals surface area contributed by atoms with Gasteiger partial charge in [-0.1, -0.05) is 6.92 Å². The Morgan fingerprint density at radius 1 is 1.59 bits per heavy atom. The molecule has 0 saturated carbocycles. The Morgan fingerprint density at radius 3 is 2.71 bits per heavy atom. The summed E-state index contributed by atoms with van der Waals surface area (Å²) in [5, 5.41) is 6.62. The molecule has 1 heterocycles. The van der Waals surface area contributed by atoms with E-state index in [1.807, 2.05) is 13.8 Å². The third kappa shape index (κ3) is 3.47. The van der Waals surface area contributed by atoms with Crippen molar-refractivity contribution in [1.82, 2.24) is 15.1 Å². The summed E-state index contributed by atoms with van der Waals surface area (Å²) in [4.78, 5) is 22.5. The number of nitrogens with one attached hydrogen (secondary N) is 1. The molecule has 0 saturated heterocycles. The third-order valence-corrected chi connectivity index (χ3v) is 2.35. The maximum atomic E-state index is 11.5. The minimum atomic E-state index is -0.705. The summed E-state index contributed by atoms with van der Waals surface area (Å²) >= 11 is 0. The van der Waals surface area contributed by atoms with Crippen LogP contribution in [0, 0.1) is 0 Å². The molecule has 0 aliphatic heterocycles. The molecule has 1 aromatic heterocycles. The molecular weight excluding hydrogens is 222 g/mol. The molecule has 17 heavy (non-hydrogen) atoms. The highest BCUT2D eigenvalue weighted by molar-refractivity contribution is 5.95. The number of rotatable bonds is 5. The van der Waals surface area contributed by atoms with Crippen LogP contribution in [-0.4, -0.2) is 27.6 Å². The van der Waals surface area contributed by atoms with E-state index in [0.717, 1.165) is 6.42 Å².